The predicted octanol–water partition coefficient (Wildman–Crippen LogP) is 5.42. The number of carbonyl (C=O) groups is 2. The van der Waals surface area contributed by atoms with Crippen LogP contribution in [-0.4, -0.2) is 40.6 Å². The van der Waals surface area contributed by atoms with E-state index in [1.807, 2.05) is 56.3 Å². The Kier molecular flexibility index (Phi) is 7.65. The number of benzene rings is 3. The van der Waals surface area contributed by atoms with Crippen molar-refractivity contribution in [2.75, 3.05) is 13.1 Å². The number of nitrogens with zero attached hydrogens (tertiary/aromatic N) is 1. The molecule has 1 amide bonds. The van der Waals surface area contributed by atoms with Gasteiger partial charge in [-0.2, -0.15) is 0 Å². The van der Waals surface area contributed by atoms with E-state index in [9.17, 15) is 19.1 Å². The van der Waals surface area contributed by atoms with Crippen LogP contribution in [0.5, 0.6) is 5.75 Å². The summed E-state index contributed by atoms with van der Waals surface area (Å²) in [5.41, 5.74) is 4.20. The summed E-state index contributed by atoms with van der Waals surface area (Å²) in [4.78, 5) is 25.9. The van der Waals surface area contributed by atoms with E-state index in [4.69, 9.17) is 16.3 Å². The van der Waals surface area contributed by atoms with Crippen molar-refractivity contribution in [1.82, 2.24) is 4.90 Å². The molecule has 0 unspecified atom stereocenters. The summed E-state index contributed by atoms with van der Waals surface area (Å²) in [6, 6.07) is 18.4. The monoisotopic (exact) mass is 509 g/mol. The van der Waals surface area contributed by atoms with Crippen LogP contribution in [0.1, 0.15) is 34.7 Å². The highest BCUT2D eigenvalue weighted by atomic mass is 35.5. The van der Waals surface area contributed by atoms with E-state index in [-0.39, 0.29) is 23.9 Å². The van der Waals surface area contributed by atoms with E-state index in [0.29, 0.717) is 25.8 Å². The van der Waals surface area contributed by atoms with E-state index in [2.05, 4.69) is 0 Å². The number of carbonyl (C=O) groups excluding carboxylic acids is 1. The van der Waals surface area contributed by atoms with E-state index in [1.54, 1.807) is 12.1 Å². The molecule has 0 fully saturated rings. The zero-order valence-electron chi connectivity index (χ0n) is 20.4. The smallest absolute Gasteiger partial charge is 0.323 e. The topological polar surface area (TPSA) is 66.8 Å². The SMILES string of the molecule is Cc1cccc(CCN(CC(=O)O)C(=O)Cc2ccc3c(c2)C[C@@](C)(Cc2ccc(Cl)c(F)c2)O3)c1. The molecule has 1 aliphatic heterocycles. The van der Waals surface area contributed by atoms with E-state index >= 15 is 0 Å². The Morgan fingerprint density at radius 1 is 1.08 bits per heavy atom. The summed E-state index contributed by atoms with van der Waals surface area (Å²) in [7, 11) is 0. The summed E-state index contributed by atoms with van der Waals surface area (Å²) in [5.74, 6) is -0.986. The highest BCUT2D eigenvalue weighted by molar-refractivity contribution is 6.30. The zero-order chi connectivity index (χ0) is 25.9. The van der Waals surface area contributed by atoms with Crippen LogP contribution in [0.3, 0.4) is 0 Å². The average molecular weight is 510 g/mol. The number of amides is 1. The van der Waals surface area contributed by atoms with Crippen molar-refractivity contribution >= 4 is 23.5 Å². The largest absolute Gasteiger partial charge is 0.487 e. The highest BCUT2D eigenvalue weighted by Crippen LogP contribution is 2.38. The lowest BCUT2D eigenvalue weighted by atomic mass is 9.91. The van der Waals surface area contributed by atoms with Gasteiger partial charge in [-0.15, -0.1) is 0 Å². The third-order valence-electron chi connectivity index (χ3n) is 6.39. The standard InChI is InChI=1S/C29H29ClFNO4/c1-19-4-3-5-20(12-19)10-11-32(18-28(34)35)27(33)15-21-7-9-26-23(13-21)17-29(2,36-26)16-22-6-8-24(30)25(31)14-22/h3-9,12-14H,10-11,15-18H2,1-2H3,(H,34,35)/t29-/m1/s1. The molecule has 1 atom stereocenters. The number of rotatable bonds is 9. The van der Waals surface area contributed by atoms with Gasteiger partial charge in [-0.05, 0) is 60.7 Å². The fourth-order valence-electron chi connectivity index (χ4n) is 4.74. The third-order valence-corrected chi connectivity index (χ3v) is 6.70. The minimum absolute atomic E-state index is 0.0877. The van der Waals surface area contributed by atoms with Gasteiger partial charge in [0.15, 0.2) is 0 Å². The minimum Gasteiger partial charge on any atom is -0.487 e. The molecule has 7 heteroatoms. The first-order valence-corrected chi connectivity index (χ1v) is 12.3. The number of hydrogen-bond donors (Lipinski definition) is 1. The van der Waals surface area contributed by atoms with Crippen molar-refractivity contribution < 1.29 is 23.8 Å². The van der Waals surface area contributed by atoms with Gasteiger partial charge in [0, 0.05) is 19.4 Å². The van der Waals surface area contributed by atoms with Gasteiger partial charge in [-0.3, -0.25) is 9.59 Å². The second-order valence-corrected chi connectivity index (χ2v) is 10.1. The number of hydrogen-bond acceptors (Lipinski definition) is 3. The molecule has 0 aromatic heterocycles. The molecule has 1 N–H and O–H groups in total. The van der Waals surface area contributed by atoms with E-state index in [0.717, 1.165) is 33.6 Å². The van der Waals surface area contributed by atoms with Crippen molar-refractivity contribution in [2.45, 2.75) is 45.1 Å². The van der Waals surface area contributed by atoms with Gasteiger partial charge >= 0.3 is 5.97 Å². The quantitative estimate of drug-likeness (QED) is 0.418. The molecule has 0 bridgehead atoms. The van der Waals surface area contributed by atoms with Crippen LogP contribution < -0.4 is 4.74 Å². The van der Waals surface area contributed by atoms with Crippen LogP contribution in [-0.2, 0) is 35.3 Å². The van der Waals surface area contributed by atoms with Crippen LogP contribution >= 0.6 is 11.6 Å². The Bertz CT molecular complexity index is 1290. The summed E-state index contributed by atoms with van der Waals surface area (Å²) >= 11 is 5.80. The lowest BCUT2D eigenvalue weighted by Crippen LogP contribution is -2.38. The fourth-order valence-corrected chi connectivity index (χ4v) is 4.86. The number of carboxylic acids is 1. The van der Waals surface area contributed by atoms with E-state index < -0.39 is 17.4 Å². The van der Waals surface area contributed by atoms with Crippen molar-refractivity contribution in [2.24, 2.45) is 0 Å². The Balaban J connectivity index is 1.42. The summed E-state index contributed by atoms with van der Waals surface area (Å²) in [6.45, 7) is 3.97. The van der Waals surface area contributed by atoms with Gasteiger partial charge in [0.25, 0.3) is 0 Å². The maximum absolute atomic E-state index is 13.9. The highest BCUT2D eigenvalue weighted by Gasteiger charge is 2.35. The van der Waals surface area contributed by atoms with Crippen molar-refractivity contribution in [3.8, 4) is 5.75 Å². The van der Waals surface area contributed by atoms with Crippen LogP contribution in [0.2, 0.25) is 5.02 Å². The summed E-state index contributed by atoms with van der Waals surface area (Å²) in [5, 5.41) is 9.42. The first-order chi connectivity index (χ1) is 17.1. The normalized spacial score (nSPS) is 16.3. The maximum Gasteiger partial charge on any atom is 0.323 e. The molecule has 0 aliphatic carbocycles. The fraction of sp³-hybridized carbons (Fsp3) is 0.310. The van der Waals surface area contributed by atoms with Crippen molar-refractivity contribution in [3.05, 3.63) is 99.3 Å². The molecule has 0 saturated carbocycles. The van der Waals surface area contributed by atoms with Crippen LogP contribution in [0.4, 0.5) is 4.39 Å². The molecule has 0 saturated heterocycles. The lowest BCUT2D eigenvalue weighted by Gasteiger charge is -2.24. The first-order valence-electron chi connectivity index (χ1n) is 11.9. The second-order valence-electron chi connectivity index (χ2n) is 9.72. The number of fused-ring (bicyclic) bond motifs is 1. The average Bonchev–Trinajstić information content (AvgIpc) is 3.13. The molecule has 4 rings (SSSR count). The lowest BCUT2D eigenvalue weighted by molar-refractivity contribution is -0.144. The summed E-state index contributed by atoms with van der Waals surface area (Å²) in [6.07, 6.45) is 1.81. The molecule has 36 heavy (non-hydrogen) atoms. The molecule has 0 radical (unpaired) electrons. The molecular weight excluding hydrogens is 481 g/mol. The van der Waals surface area contributed by atoms with Gasteiger partial charge < -0.3 is 14.7 Å². The third kappa shape index (κ3) is 6.43. The number of aliphatic carboxylic acids is 1. The Morgan fingerprint density at radius 2 is 1.86 bits per heavy atom. The van der Waals surface area contributed by atoms with Crippen LogP contribution in [0.15, 0.2) is 60.7 Å². The number of halogens is 2. The van der Waals surface area contributed by atoms with Crippen molar-refractivity contribution in [1.29, 1.82) is 0 Å². The van der Waals surface area contributed by atoms with Gasteiger partial charge in [0.2, 0.25) is 5.91 Å². The van der Waals surface area contributed by atoms with Gasteiger partial charge in [-0.25, -0.2) is 4.39 Å². The minimum atomic E-state index is -1.04. The Hall–Kier alpha value is -3.38. The summed E-state index contributed by atoms with van der Waals surface area (Å²) < 4.78 is 20.1. The first kappa shape index (κ1) is 25.7. The number of aryl methyl sites for hydroxylation is 1. The van der Waals surface area contributed by atoms with Crippen LogP contribution in [0, 0.1) is 12.7 Å². The Morgan fingerprint density at radius 3 is 2.58 bits per heavy atom. The zero-order valence-corrected chi connectivity index (χ0v) is 21.1. The molecule has 1 heterocycles. The Labute approximate surface area is 215 Å². The second kappa shape index (κ2) is 10.7. The number of ether oxygens (including phenoxy) is 1. The van der Waals surface area contributed by atoms with Gasteiger partial charge in [-0.1, -0.05) is 59.6 Å². The molecule has 0 spiro atoms. The number of carboxylic acid groups (broad SMARTS) is 1. The van der Waals surface area contributed by atoms with E-state index in [1.165, 1.54) is 11.0 Å². The molecule has 5 nitrogen and oxygen atoms in total. The van der Waals surface area contributed by atoms with Crippen LogP contribution in [0.25, 0.3) is 0 Å². The van der Waals surface area contributed by atoms with Gasteiger partial charge in [0.05, 0.1) is 11.4 Å². The van der Waals surface area contributed by atoms with Crippen molar-refractivity contribution in [3.63, 3.8) is 0 Å². The molecule has 1 aliphatic rings. The van der Waals surface area contributed by atoms with Gasteiger partial charge in [0.1, 0.15) is 23.7 Å². The molecule has 3 aromatic rings. The predicted molar refractivity (Wildman–Crippen MR) is 137 cm³/mol. The molecular formula is C29H29ClFNO4. The molecule has 188 valence electrons. The molecule has 3 aromatic carbocycles. The maximum atomic E-state index is 13.9.